The highest BCUT2D eigenvalue weighted by Crippen LogP contribution is 2.50. The minimum Gasteiger partial charge on any atom is -0.504 e. The summed E-state index contributed by atoms with van der Waals surface area (Å²) in [6, 6.07) is 16.6. The highest BCUT2D eigenvalue weighted by molar-refractivity contribution is 5.79. The summed E-state index contributed by atoms with van der Waals surface area (Å²) in [7, 11) is 1.46. The van der Waals surface area contributed by atoms with Gasteiger partial charge >= 0.3 is 0 Å². The second-order valence-corrected chi connectivity index (χ2v) is 10.2. The van der Waals surface area contributed by atoms with Gasteiger partial charge in [-0.2, -0.15) is 0 Å². The average molecular weight is 536 g/mol. The van der Waals surface area contributed by atoms with Crippen LogP contribution in [-0.2, 0) is 24.1 Å². The number of nitrogens with two attached hydrogens (primary N) is 1. The summed E-state index contributed by atoms with van der Waals surface area (Å²) in [4.78, 5) is 12.8. The molecule has 0 heterocycles. The van der Waals surface area contributed by atoms with E-state index >= 15 is 0 Å². The molecule has 0 unspecified atom stereocenters. The van der Waals surface area contributed by atoms with E-state index in [0.717, 1.165) is 29.5 Å². The highest BCUT2D eigenvalue weighted by Gasteiger charge is 2.35. The molecule has 6 N–H and O–H groups in total. The van der Waals surface area contributed by atoms with Crippen LogP contribution in [0, 0.1) is 5.92 Å². The fourth-order valence-corrected chi connectivity index (χ4v) is 5.71. The summed E-state index contributed by atoms with van der Waals surface area (Å²) < 4.78 is 10.6. The standard InChI is InChI=1S/C31H37NO7/c1-38-31-24-11-9-21(13-19-5-3-2-4-6-19)25(26(24)17-28(36)30(31)37)16-23(34)15-22(33)10-7-20-8-12-27(35)29(14-20)39-18-32/h2-6,8,12,14,17,21,23,25,34-37H,7,9-11,13,15-16,18,32H2,1H3/t21-,23-,25-/m0/s1. The fraction of sp³-hybridized carbons (Fsp3) is 0.387. The summed E-state index contributed by atoms with van der Waals surface area (Å²) in [5, 5.41) is 41.7. The van der Waals surface area contributed by atoms with Crippen molar-refractivity contribution in [2.75, 3.05) is 13.8 Å². The normalized spacial score (nSPS) is 17.3. The first-order valence-electron chi connectivity index (χ1n) is 13.3. The maximum Gasteiger partial charge on any atom is 0.200 e. The number of methoxy groups -OCH3 is 1. The van der Waals surface area contributed by atoms with E-state index in [9.17, 15) is 25.2 Å². The van der Waals surface area contributed by atoms with Gasteiger partial charge < -0.3 is 29.9 Å². The Kier molecular flexibility index (Phi) is 9.32. The van der Waals surface area contributed by atoms with Crippen LogP contribution in [0.4, 0.5) is 0 Å². The highest BCUT2D eigenvalue weighted by atomic mass is 16.5. The summed E-state index contributed by atoms with van der Waals surface area (Å²) in [5.74, 6) is -0.0342. The predicted octanol–water partition coefficient (Wildman–Crippen LogP) is 4.34. The van der Waals surface area contributed by atoms with Crippen LogP contribution < -0.4 is 15.2 Å². The van der Waals surface area contributed by atoms with Gasteiger partial charge in [-0.15, -0.1) is 0 Å². The topological polar surface area (TPSA) is 142 Å². The number of phenolic OH excluding ortho intramolecular Hbond substituents is 3. The predicted molar refractivity (Wildman–Crippen MR) is 147 cm³/mol. The van der Waals surface area contributed by atoms with E-state index in [1.165, 1.54) is 18.7 Å². The van der Waals surface area contributed by atoms with Crippen molar-refractivity contribution in [2.45, 2.75) is 57.0 Å². The quantitative estimate of drug-likeness (QED) is 0.170. The van der Waals surface area contributed by atoms with Gasteiger partial charge in [-0.05, 0) is 78.8 Å². The number of Topliss-reactive ketones (excluding diaryl/α,β-unsaturated/α-hetero) is 1. The Morgan fingerprint density at radius 2 is 1.82 bits per heavy atom. The van der Waals surface area contributed by atoms with Crippen molar-refractivity contribution in [1.82, 2.24) is 0 Å². The van der Waals surface area contributed by atoms with E-state index in [2.05, 4.69) is 12.1 Å². The number of fused-ring (bicyclic) bond motifs is 1. The van der Waals surface area contributed by atoms with Crippen molar-refractivity contribution in [3.63, 3.8) is 0 Å². The minimum absolute atomic E-state index is 0.00926. The van der Waals surface area contributed by atoms with Crippen LogP contribution in [0.15, 0.2) is 54.6 Å². The number of carbonyl (C=O) groups excluding carboxylic acids is 1. The zero-order valence-electron chi connectivity index (χ0n) is 22.2. The SMILES string of the molecule is COc1c(O)c(O)cc2c1CC[C@@H](Cc1ccccc1)[C@@H]2C[C@@H](O)CC(=O)CCc1ccc(O)c(OCN)c1. The Labute approximate surface area is 228 Å². The minimum atomic E-state index is -0.871. The molecule has 0 amide bonds. The van der Waals surface area contributed by atoms with Crippen molar-refractivity contribution in [1.29, 1.82) is 0 Å². The van der Waals surface area contributed by atoms with Crippen LogP contribution in [0.25, 0.3) is 0 Å². The molecule has 0 aromatic heterocycles. The van der Waals surface area contributed by atoms with Crippen molar-refractivity contribution in [2.24, 2.45) is 11.7 Å². The van der Waals surface area contributed by atoms with Gasteiger partial charge in [-0.3, -0.25) is 10.5 Å². The van der Waals surface area contributed by atoms with Gasteiger partial charge in [0.05, 0.1) is 13.2 Å². The number of aryl methyl sites for hydroxylation is 1. The number of ketones is 1. The number of ether oxygens (including phenoxy) is 2. The largest absolute Gasteiger partial charge is 0.504 e. The smallest absolute Gasteiger partial charge is 0.200 e. The van der Waals surface area contributed by atoms with Gasteiger partial charge in [0.2, 0.25) is 5.75 Å². The van der Waals surface area contributed by atoms with E-state index in [4.69, 9.17) is 15.2 Å². The first-order valence-corrected chi connectivity index (χ1v) is 13.3. The molecule has 3 aromatic rings. The lowest BCUT2D eigenvalue weighted by atomic mass is 9.70. The van der Waals surface area contributed by atoms with E-state index in [1.807, 2.05) is 18.2 Å². The van der Waals surface area contributed by atoms with Gasteiger partial charge in [-0.1, -0.05) is 36.4 Å². The summed E-state index contributed by atoms with van der Waals surface area (Å²) in [5.41, 5.74) is 9.09. The van der Waals surface area contributed by atoms with Crippen LogP contribution in [0.5, 0.6) is 28.7 Å². The van der Waals surface area contributed by atoms with E-state index < -0.39 is 6.10 Å². The molecule has 3 aromatic carbocycles. The molecule has 3 atom stereocenters. The number of hydrogen-bond donors (Lipinski definition) is 5. The molecule has 0 saturated heterocycles. The zero-order chi connectivity index (χ0) is 27.9. The molecule has 0 spiro atoms. The lowest BCUT2D eigenvalue weighted by Crippen LogP contribution is -2.27. The number of carbonyl (C=O) groups is 1. The molecule has 4 rings (SSSR count). The second-order valence-electron chi connectivity index (χ2n) is 10.2. The number of benzene rings is 3. The van der Waals surface area contributed by atoms with Gasteiger partial charge in [-0.25, -0.2) is 0 Å². The Hall–Kier alpha value is -3.75. The zero-order valence-corrected chi connectivity index (χ0v) is 22.2. The molecular weight excluding hydrogens is 498 g/mol. The third-order valence-corrected chi connectivity index (χ3v) is 7.60. The molecule has 1 aliphatic rings. The Morgan fingerprint density at radius 3 is 2.54 bits per heavy atom. The molecule has 0 saturated carbocycles. The van der Waals surface area contributed by atoms with Gasteiger partial charge in [0.1, 0.15) is 12.5 Å². The van der Waals surface area contributed by atoms with Gasteiger partial charge in [0.15, 0.2) is 23.0 Å². The Morgan fingerprint density at radius 1 is 1.05 bits per heavy atom. The molecular formula is C31H37NO7. The molecule has 0 aliphatic heterocycles. The molecule has 0 fully saturated rings. The number of aliphatic hydroxyl groups excluding tert-OH is 1. The van der Waals surface area contributed by atoms with E-state index in [0.29, 0.717) is 19.3 Å². The number of rotatable bonds is 12. The van der Waals surface area contributed by atoms with Crippen molar-refractivity contribution >= 4 is 5.78 Å². The van der Waals surface area contributed by atoms with Crippen molar-refractivity contribution in [3.8, 4) is 28.7 Å². The first kappa shape index (κ1) is 28.3. The monoisotopic (exact) mass is 535 g/mol. The maximum atomic E-state index is 12.8. The maximum absolute atomic E-state index is 12.8. The lowest BCUT2D eigenvalue weighted by Gasteiger charge is -2.36. The summed E-state index contributed by atoms with van der Waals surface area (Å²) in [6.45, 7) is -0.0685. The van der Waals surface area contributed by atoms with Crippen LogP contribution in [-0.4, -0.2) is 46.2 Å². The van der Waals surface area contributed by atoms with Gasteiger partial charge in [0.25, 0.3) is 0 Å². The fourth-order valence-electron chi connectivity index (χ4n) is 5.71. The van der Waals surface area contributed by atoms with Gasteiger partial charge in [0, 0.05) is 18.4 Å². The summed E-state index contributed by atoms with van der Waals surface area (Å²) in [6.07, 6.45) is 2.46. The van der Waals surface area contributed by atoms with Crippen molar-refractivity contribution in [3.05, 3.63) is 76.9 Å². The third-order valence-electron chi connectivity index (χ3n) is 7.60. The molecule has 0 radical (unpaired) electrons. The molecule has 208 valence electrons. The molecule has 39 heavy (non-hydrogen) atoms. The number of hydrogen-bond acceptors (Lipinski definition) is 8. The molecule has 8 heteroatoms. The molecule has 8 nitrogen and oxygen atoms in total. The average Bonchev–Trinajstić information content (AvgIpc) is 2.92. The first-order chi connectivity index (χ1) is 18.8. The number of phenols is 3. The van der Waals surface area contributed by atoms with Crippen LogP contribution >= 0.6 is 0 Å². The van der Waals surface area contributed by atoms with Crippen LogP contribution in [0.2, 0.25) is 0 Å². The second kappa shape index (κ2) is 12.9. The Bertz CT molecular complexity index is 1280. The molecule has 1 aliphatic carbocycles. The lowest BCUT2D eigenvalue weighted by molar-refractivity contribution is -0.121. The number of aliphatic hydroxyl groups is 1. The molecule has 0 bridgehead atoms. The van der Waals surface area contributed by atoms with E-state index in [1.54, 1.807) is 18.2 Å². The summed E-state index contributed by atoms with van der Waals surface area (Å²) >= 11 is 0. The van der Waals surface area contributed by atoms with Crippen LogP contribution in [0.1, 0.15) is 53.9 Å². The third kappa shape index (κ3) is 6.82. The number of aromatic hydroxyl groups is 3. The van der Waals surface area contributed by atoms with E-state index in [-0.39, 0.29) is 65.9 Å². The Balaban J connectivity index is 1.48. The van der Waals surface area contributed by atoms with Crippen LogP contribution in [0.3, 0.4) is 0 Å². The van der Waals surface area contributed by atoms with Crippen molar-refractivity contribution < 1.29 is 34.7 Å².